The van der Waals surface area contributed by atoms with E-state index in [9.17, 15) is 14.4 Å². The van der Waals surface area contributed by atoms with Crippen LogP contribution in [0.15, 0.2) is 60.7 Å². The number of nitrogens with one attached hydrogen (secondary N) is 1. The normalized spacial score (nSPS) is 15.2. The first-order valence-electron chi connectivity index (χ1n) is 8.98. The largest absolute Gasteiger partial charge is 0.493 e. The number of amides is 4. The summed E-state index contributed by atoms with van der Waals surface area (Å²) in [4.78, 5) is 37.4. The van der Waals surface area contributed by atoms with E-state index in [4.69, 9.17) is 21.1 Å². The molecule has 2 aromatic rings. The van der Waals surface area contributed by atoms with Gasteiger partial charge >= 0.3 is 6.03 Å². The number of nitrogens with zero attached hydrogens (tertiary/aromatic N) is 1. The molecule has 1 aliphatic heterocycles. The van der Waals surface area contributed by atoms with Gasteiger partial charge in [0.2, 0.25) is 0 Å². The Morgan fingerprint density at radius 3 is 2.60 bits per heavy atom. The zero-order valence-electron chi connectivity index (χ0n) is 16.2. The van der Waals surface area contributed by atoms with Crippen molar-refractivity contribution in [3.05, 3.63) is 76.8 Å². The van der Waals surface area contributed by atoms with Crippen LogP contribution in [0.5, 0.6) is 11.5 Å². The lowest BCUT2D eigenvalue weighted by atomic mass is 10.1. The van der Waals surface area contributed by atoms with Crippen LogP contribution in [0, 0.1) is 0 Å². The minimum absolute atomic E-state index is 0.00652. The maximum Gasteiger partial charge on any atom is 0.331 e. The molecule has 30 heavy (non-hydrogen) atoms. The molecule has 1 heterocycles. The summed E-state index contributed by atoms with van der Waals surface area (Å²) in [6, 6.07) is 11.5. The van der Waals surface area contributed by atoms with Crippen molar-refractivity contribution in [3.8, 4) is 11.5 Å². The number of imide groups is 2. The van der Waals surface area contributed by atoms with Gasteiger partial charge in [-0.3, -0.25) is 19.8 Å². The highest BCUT2D eigenvalue weighted by Crippen LogP contribution is 2.30. The minimum atomic E-state index is -0.775. The van der Waals surface area contributed by atoms with Crippen molar-refractivity contribution in [2.24, 2.45) is 0 Å². The van der Waals surface area contributed by atoms with E-state index in [1.807, 2.05) is 18.2 Å². The Hall–Kier alpha value is -3.58. The van der Waals surface area contributed by atoms with Crippen LogP contribution in [-0.4, -0.2) is 36.4 Å². The molecule has 0 bridgehead atoms. The minimum Gasteiger partial charge on any atom is -0.493 e. The second-order valence-corrected chi connectivity index (χ2v) is 6.72. The van der Waals surface area contributed by atoms with Crippen molar-refractivity contribution in [1.29, 1.82) is 0 Å². The van der Waals surface area contributed by atoms with E-state index in [0.717, 1.165) is 10.5 Å². The maximum atomic E-state index is 12.5. The molecule has 0 atom stereocenters. The van der Waals surface area contributed by atoms with Gasteiger partial charge in [-0.15, -0.1) is 6.58 Å². The summed E-state index contributed by atoms with van der Waals surface area (Å²) in [6.07, 6.45) is 2.79. The molecule has 7 nitrogen and oxygen atoms in total. The lowest BCUT2D eigenvalue weighted by Gasteiger charge is -2.25. The van der Waals surface area contributed by atoms with Gasteiger partial charge in [0.25, 0.3) is 11.8 Å². The van der Waals surface area contributed by atoms with Crippen molar-refractivity contribution in [1.82, 2.24) is 10.2 Å². The van der Waals surface area contributed by atoms with Gasteiger partial charge in [-0.1, -0.05) is 41.9 Å². The average Bonchev–Trinajstić information content (AvgIpc) is 2.74. The van der Waals surface area contributed by atoms with Gasteiger partial charge in [-0.05, 0) is 29.8 Å². The fourth-order valence-corrected chi connectivity index (χ4v) is 3.01. The summed E-state index contributed by atoms with van der Waals surface area (Å²) in [5.74, 6) is -0.563. The lowest BCUT2D eigenvalue weighted by molar-refractivity contribution is -0.129. The molecule has 3 rings (SSSR count). The molecule has 1 fully saturated rings. The first kappa shape index (κ1) is 21.1. The van der Waals surface area contributed by atoms with Gasteiger partial charge in [-0.25, -0.2) is 4.79 Å². The van der Waals surface area contributed by atoms with E-state index in [-0.39, 0.29) is 18.7 Å². The summed E-state index contributed by atoms with van der Waals surface area (Å²) in [5, 5.41) is 2.74. The second kappa shape index (κ2) is 9.28. The third-order valence-electron chi connectivity index (χ3n) is 4.34. The molecule has 0 unspecified atom stereocenters. The number of carbonyl (C=O) groups excluding carboxylic acids is 3. The van der Waals surface area contributed by atoms with E-state index in [1.165, 1.54) is 19.3 Å². The Kier molecular flexibility index (Phi) is 6.54. The number of methoxy groups -OCH3 is 1. The third-order valence-corrected chi connectivity index (χ3v) is 4.71. The summed E-state index contributed by atoms with van der Waals surface area (Å²) >= 11 is 6.15. The highest BCUT2D eigenvalue weighted by atomic mass is 35.5. The molecule has 4 amide bonds. The third kappa shape index (κ3) is 4.52. The number of hydrogen-bond acceptors (Lipinski definition) is 5. The van der Waals surface area contributed by atoms with Gasteiger partial charge in [-0.2, -0.15) is 0 Å². The molecule has 1 N–H and O–H groups in total. The van der Waals surface area contributed by atoms with Crippen LogP contribution in [0.2, 0.25) is 5.02 Å². The van der Waals surface area contributed by atoms with E-state index in [0.29, 0.717) is 22.1 Å². The fraction of sp³-hybridized carbons (Fsp3) is 0.136. The molecule has 0 aliphatic carbocycles. The number of ether oxygens (including phenoxy) is 2. The van der Waals surface area contributed by atoms with Crippen LogP contribution < -0.4 is 14.8 Å². The molecular weight excluding hydrogens is 408 g/mol. The standard InChI is InChI=1S/C22H19ClN2O5/c1-3-10-25-21(27)16(20(26)24-22(25)28)11-14-8-9-18(19(12-14)29-2)30-13-15-6-4-5-7-17(15)23/h3-9,11-12H,1,10,13H2,2H3,(H,24,26,28). The van der Waals surface area contributed by atoms with Crippen LogP contribution in [0.1, 0.15) is 11.1 Å². The molecule has 0 radical (unpaired) electrons. The van der Waals surface area contributed by atoms with Gasteiger partial charge in [0.1, 0.15) is 12.2 Å². The molecular formula is C22H19ClN2O5. The van der Waals surface area contributed by atoms with Crippen LogP contribution in [-0.2, 0) is 16.2 Å². The number of barbiturate groups is 1. The zero-order valence-corrected chi connectivity index (χ0v) is 16.9. The second-order valence-electron chi connectivity index (χ2n) is 6.31. The van der Waals surface area contributed by atoms with Crippen molar-refractivity contribution in [3.63, 3.8) is 0 Å². The number of halogens is 1. The van der Waals surface area contributed by atoms with Gasteiger partial charge < -0.3 is 9.47 Å². The smallest absolute Gasteiger partial charge is 0.331 e. The molecule has 1 aliphatic rings. The van der Waals surface area contributed by atoms with E-state index < -0.39 is 17.8 Å². The first-order valence-corrected chi connectivity index (χ1v) is 9.36. The topological polar surface area (TPSA) is 84.9 Å². The van der Waals surface area contributed by atoms with Gasteiger partial charge in [0.05, 0.1) is 7.11 Å². The molecule has 0 aromatic heterocycles. The molecule has 154 valence electrons. The van der Waals surface area contributed by atoms with Crippen molar-refractivity contribution < 1.29 is 23.9 Å². The van der Waals surface area contributed by atoms with Crippen LogP contribution in [0.4, 0.5) is 4.79 Å². The van der Waals surface area contributed by atoms with E-state index in [2.05, 4.69) is 11.9 Å². The van der Waals surface area contributed by atoms with Gasteiger partial charge in [0, 0.05) is 17.1 Å². The monoisotopic (exact) mass is 426 g/mol. The highest BCUT2D eigenvalue weighted by Gasteiger charge is 2.34. The van der Waals surface area contributed by atoms with Crippen LogP contribution in [0.25, 0.3) is 6.08 Å². The first-order chi connectivity index (χ1) is 14.4. The van der Waals surface area contributed by atoms with Crippen molar-refractivity contribution >= 4 is 35.5 Å². The van der Waals surface area contributed by atoms with E-state index in [1.54, 1.807) is 24.3 Å². The molecule has 0 spiro atoms. The van der Waals surface area contributed by atoms with E-state index >= 15 is 0 Å². The predicted molar refractivity (Wildman–Crippen MR) is 112 cm³/mol. The fourth-order valence-electron chi connectivity index (χ4n) is 2.82. The number of rotatable bonds is 7. The number of benzene rings is 2. The molecule has 1 saturated heterocycles. The van der Waals surface area contributed by atoms with Crippen molar-refractivity contribution in [2.45, 2.75) is 6.61 Å². The lowest BCUT2D eigenvalue weighted by Crippen LogP contribution is -2.54. The Bertz CT molecular complexity index is 1050. The Balaban J connectivity index is 1.84. The number of carbonyl (C=O) groups is 3. The van der Waals surface area contributed by atoms with Gasteiger partial charge in [0.15, 0.2) is 11.5 Å². The molecule has 8 heteroatoms. The average molecular weight is 427 g/mol. The summed E-state index contributed by atoms with van der Waals surface area (Å²) < 4.78 is 11.2. The Morgan fingerprint density at radius 1 is 1.13 bits per heavy atom. The maximum absolute atomic E-state index is 12.5. The molecule has 2 aromatic carbocycles. The quantitative estimate of drug-likeness (QED) is 0.415. The zero-order chi connectivity index (χ0) is 21.7. The summed E-state index contributed by atoms with van der Waals surface area (Å²) in [5.41, 5.74) is 1.19. The number of hydrogen-bond donors (Lipinski definition) is 1. The van der Waals surface area contributed by atoms with Crippen LogP contribution in [0.3, 0.4) is 0 Å². The Labute approximate surface area is 178 Å². The highest BCUT2D eigenvalue weighted by molar-refractivity contribution is 6.31. The van der Waals surface area contributed by atoms with Crippen molar-refractivity contribution in [2.75, 3.05) is 13.7 Å². The summed E-state index contributed by atoms with van der Waals surface area (Å²) in [7, 11) is 1.48. The summed E-state index contributed by atoms with van der Waals surface area (Å²) in [6.45, 7) is 3.75. The van der Waals surface area contributed by atoms with Crippen LogP contribution >= 0.6 is 11.6 Å². The molecule has 0 saturated carbocycles. The SMILES string of the molecule is C=CCN1C(=O)NC(=O)C(=Cc2ccc(OCc3ccccc3Cl)c(OC)c2)C1=O. The number of urea groups is 1. The predicted octanol–water partition coefficient (Wildman–Crippen LogP) is 3.58. The Morgan fingerprint density at radius 2 is 1.90 bits per heavy atom.